The lowest BCUT2D eigenvalue weighted by Crippen LogP contribution is -2.23. The van der Waals surface area contributed by atoms with Gasteiger partial charge in [-0.25, -0.2) is 9.97 Å². The number of nitrogens with one attached hydrogen (secondary N) is 2. The van der Waals surface area contributed by atoms with E-state index < -0.39 is 0 Å². The van der Waals surface area contributed by atoms with Crippen LogP contribution in [0.15, 0.2) is 108 Å². The number of benzene rings is 3. The molecular formula is C34H35N5O3. The zero-order valence-electron chi connectivity index (χ0n) is 23.8. The van der Waals surface area contributed by atoms with E-state index in [1.165, 1.54) is 6.33 Å². The summed E-state index contributed by atoms with van der Waals surface area (Å²) in [6.45, 7) is 6.65. The number of fused-ring (bicyclic) bond motifs is 1. The summed E-state index contributed by atoms with van der Waals surface area (Å²) >= 11 is 0. The van der Waals surface area contributed by atoms with Crippen LogP contribution in [-0.4, -0.2) is 52.1 Å². The van der Waals surface area contributed by atoms with Gasteiger partial charge in [-0.3, -0.25) is 4.79 Å². The highest BCUT2D eigenvalue weighted by molar-refractivity contribution is 6.07. The van der Waals surface area contributed by atoms with E-state index in [1.54, 1.807) is 6.08 Å². The second-order valence-electron chi connectivity index (χ2n) is 9.82. The van der Waals surface area contributed by atoms with Crippen LogP contribution in [-0.2, 0) is 4.79 Å². The zero-order valence-corrected chi connectivity index (χ0v) is 23.8. The van der Waals surface area contributed by atoms with Crippen molar-refractivity contribution >= 4 is 28.5 Å². The lowest BCUT2D eigenvalue weighted by Gasteiger charge is -2.18. The van der Waals surface area contributed by atoms with Gasteiger partial charge in [0, 0.05) is 29.4 Å². The van der Waals surface area contributed by atoms with Crippen molar-refractivity contribution in [2.75, 3.05) is 36.9 Å². The minimum absolute atomic E-state index is 0.127. The molecule has 1 atom stereocenters. The molecule has 1 amide bonds. The molecule has 0 spiro atoms. The van der Waals surface area contributed by atoms with E-state index in [0.717, 1.165) is 41.9 Å². The molecule has 0 fully saturated rings. The van der Waals surface area contributed by atoms with Crippen molar-refractivity contribution in [3.8, 4) is 22.5 Å². The van der Waals surface area contributed by atoms with Crippen LogP contribution in [0.4, 0.5) is 11.5 Å². The third-order valence-corrected chi connectivity index (χ3v) is 7.17. The number of likely N-dealkylation sites (N-methyl/N-ethyl adjacent to an activating group) is 1. The highest BCUT2D eigenvalue weighted by Crippen LogP contribution is 2.43. The van der Waals surface area contributed by atoms with E-state index in [2.05, 4.69) is 39.3 Å². The molecule has 0 aliphatic carbocycles. The summed E-state index contributed by atoms with van der Waals surface area (Å²) in [5.41, 5.74) is 4.50. The lowest BCUT2D eigenvalue weighted by molar-refractivity contribution is -0.111. The van der Waals surface area contributed by atoms with E-state index in [9.17, 15) is 9.90 Å². The van der Waals surface area contributed by atoms with Gasteiger partial charge in [-0.1, -0.05) is 92.7 Å². The average molecular weight is 562 g/mol. The molecular weight excluding hydrogens is 526 g/mol. The van der Waals surface area contributed by atoms with Crippen molar-refractivity contribution in [2.45, 2.75) is 19.9 Å². The summed E-state index contributed by atoms with van der Waals surface area (Å²) in [6.07, 6.45) is 4.90. The zero-order chi connectivity index (χ0) is 29.3. The molecule has 0 saturated carbocycles. The van der Waals surface area contributed by atoms with E-state index in [4.69, 9.17) is 4.42 Å². The van der Waals surface area contributed by atoms with E-state index >= 15 is 0 Å². The number of carbonyl (C=O) groups excluding carboxylic acids is 1. The SMILES string of the molecule is CCN(CC)C/C=C/C(=O)Nc1cccc(-c2c(-c3ccccc3)oc3ncnc(N[C@H](CO)c4ccccc4)c23)c1. The molecule has 5 aromatic rings. The highest BCUT2D eigenvalue weighted by atomic mass is 16.3. The monoisotopic (exact) mass is 561 g/mol. The van der Waals surface area contributed by atoms with E-state index in [0.29, 0.717) is 28.4 Å². The topological polar surface area (TPSA) is 104 Å². The first-order valence-electron chi connectivity index (χ1n) is 14.2. The van der Waals surface area contributed by atoms with Gasteiger partial charge in [0.1, 0.15) is 17.9 Å². The first kappa shape index (κ1) is 28.7. The molecule has 0 bridgehead atoms. The Morgan fingerprint density at radius 1 is 0.952 bits per heavy atom. The third kappa shape index (κ3) is 6.57. The number of anilines is 2. The number of nitrogens with zero attached hydrogens (tertiary/aromatic N) is 3. The Hall–Kier alpha value is -4.79. The summed E-state index contributed by atoms with van der Waals surface area (Å²) in [4.78, 5) is 24.0. The van der Waals surface area contributed by atoms with Crippen LogP contribution < -0.4 is 10.6 Å². The highest BCUT2D eigenvalue weighted by Gasteiger charge is 2.24. The number of furan rings is 1. The molecule has 0 unspecified atom stereocenters. The van der Waals surface area contributed by atoms with Crippen LogP contribution in [0.2, 0.25) is 0 Å². The molecule has 0 aliphatic rings. The Balaban J connectivity index is 1.55. The van der Waals surface area contributed by atoms with Gasteiger partial charge in [0.05, 0.1) is 18.0 Å². The smallest absolute Gasteiger partial charge is 0.248 e. The van der Waals surface area contributed by atoms with Crippen molar-refractivity contribution < 1.29 is 14.3 Å². The number of amides is 1. The van der Waals surface area contributed by atoms with Crippen molar-refractivity contribution in [2.24, 2.45) is 0 Å². The quantitative estimate of drug-likeness (QED) is 0.149. The summed E-state index contributed by atoms with van der Waals surface area (Å²) in [5, 5.41) is 17.3. The molecule has 0 radical (unpaired) electrons. The summed E-state index contributed by atoms with van der Waals surface area (Å²) in [5.74, 6) is 0.980. The largest absolute Gasteiger partial charge is 0.437 e. The Bertz CT molecular complexity index is 1650. The maximum atomic E-state index is 12.7. The van der Waals surface area contributed by atoms with Gasteiger partial charge in [0.25, 0.3) is 0 Å². The van der Waals surface area contributed by atoms with Crippen LogP contribution in [0.25, 0.3) is 33.6 Å². The molecule has 8 nitrogen and oxygen atoms in total. The minimum atomic E-state index is -0.388. The number of hydrogen-bond acceptors (Lipinski definition) is 7. The minimum Gasteiger partial charge on any atom is -0.437 e. The van der Waals surface area contributed by atoms with Crippen molar-refractivity contribution in [3.05, 3.63) is 109 Å². The number of aliphatic hydroxyl groups excluding tert-OH is 1. The number of aromatic nitrogens is 2. The molecule has 42 heavy (non-hydrogen) atoms. The molecule has 2 heterocycles. The first-order valence-corrected chi connectivity index (χ1v) is 14.2. The molecule has 5 rings (SSSR count). The molecule has 0 aliphatic heterocycles. The summed E-state index contributed by atoms with van der Waals surface area (Å²) in [6, 6.07) is 26.8. The normalized spacial score (nSPS) is 12.2. The van der Waals surface area contributed by atoms with Crippen molar-refractivity contribution in [1.29, 1.82) is 0 Å². The van der Waals surface area contributed by atoms with Gasteiger partial charge >= 0.3 is 0 Å². The fourth-order valence-corrected chi connectivity index (χ4v) is 4.92. The van der Waals surface area contributed by atoms with Crippen LogP contribution in [0.5, 0.6) is 0 Å². The maximum absolute atomic E-state index is 12.7. The van der Waals surface area contributed by atoms with Gasteiger partial charge in [0.15, 0.2) is 0 Å². The second kappa shape index (κ2) is 13.7. The Kier molecular flexibility index (Phi) is 9.38. The number of aliphatic hydroxyl groups is 1. The number of rotatable bonds is 12. The van der Waals surface area contributed by atoms with Gasteiger partial charge in [0.2, 0.25) is 11.6 Å². The van der Waals surface area contributed by atoms with Crippen LogP contribution in [0.1, 0.15) is 25.5 Å². The standard InChI is InChI=1S/C34H35N5O3/c1-3-39(4-2)20-12-19-29(41)37-27-18-11-17-26(21-27)30-31-33(38-28(22-40)24-13-7-5-8-14-24)35-23-36-34(31)42-32(30)25-15-9-6-10-16-25/h5-19,21,23,28,40H,3-4,20,22H2,1-2H3,(H,37,41)(H,35,36,38)/b19-12+/t28-/m1/s1. The Morgan fingerprint density at radius 2 is 1.67 bits per heavy atom. The molecule has 214 valence electrons. The van der Waals surface area contributed by atoms with Crippen LogP contribution >= 0.6 is 0 Å². The molecule has 3 N–H and O–H groups in total. The van der Waals surface area contributed by atoms with Crippen molar-refractivity contribution in [1.82, 2.24) is 14.9 Å². The van der Waals surface area contributed by atoms with Crippen molar-refractivity contribution in [3.63, 3.8) is 0 Å². The number of hydrogen-bond donors (Lipinski definition) is 3. The van der Waals surface area contributed by atoms with Gasteiger partial charge in [-0.15, -0.1) is 0 Å². The van der Waals surface area contributed by atoms with Crippen LogP contribution in [0.3, 0.4) is 0 Å². The maximum Gasteiger partial charge on any atom is 0.248 e. The first-order chi connectivity index (χ1) is 20.6. The van der Waals surface area contributed by atoms with E-state index in [1.807, 2.05) is 91.0 Å². The predicted octanol–water partition coefficient (Wildman–Crippen LogP) is 6.54. The number of carbonyl (C=O) groups is 1. The molecule has 2 aromatic heterocycles. The molecule has 3 aromatic carbocycles. The molecule has 8 heteroatoms. The summed E-state index contributed by atoms with van der Waals surface area (Å²) < 4.78 is 6.36. The lowest BCUT2D eigenvalue weighted by atomic mass is 9.98. The van der Waals surface area contributed by atoms with Gasteiger partial charge in [-0.05, 0) is 36.3 Å². The van der Waals surface area contributed by atoms with Gasteiger partial charge < -0.3 is 25.1 Å². The molecule has 0 saturated heterocycles. The Labute approximate surface area is 245 Å². The Morgan fingerprint density at radius 3 is 2.38 bits per heavy atom. The van der Waals surface area contributed by atoms with Gasteiger partial charge in [-0.2, -0.15) is 0 Å². The second-order valence-corrected chi connectivity index (χ2v) is 9.82. The van der Waals surface area contributed by atoms with E-state index in [-0.39, 0.29) is 18.6 Å². The fourth-order valence-electron chi connectivity index (χ4n) is 4.92. The average Bonchev–Trinajstić information content (AvgIpc) is 3.43. The fraction of sp³-hybridized carbons (Fsp3) is 0.206. The predicted molar refractivity (Wildman–Crippen MR) is 168 cm³/mol. The van der Waals surface area contributed by atoms with Crippen LogP contribution in [0, 0.1) is 0 Å². The third-order valence-electron chi connectivity index (χ3n) is 7.17. The summed E-state index contributed by atoms with van der Waals surface area (Å²) in [7, 11) is 0.